The van der Waals surface area contributed by atoms with Gasteiger partial charge in [0.1, 0.15) is 0 Å². The van der Waals surface area contributed by atoms with E-state index in [2.05, 4.69) is 5.32 Å². The summed E-state index contributed by atoms with van der Waals surface area (Å²) in [5, 5.41) is 12.9. The van der Waals surface area contributed by atoms with Crippen molar-refractivity contribution < 1.29 is 14.2 Å². The number of halogens is 1. The second-order valence-electron chi connectivity index (χ2n) is 4.13. The molecule has 1 atom stereocenters. The zero-order valence-corrected chi connectivity index (χ0v) is 9.29. The van der Waals surface area contributed by atoms with Crippen molar-refractivity contribution in [3.8, 4) is 11.5 Å². The molecule has 0 radical (unpaired) electrons. The van der Waals surface area contributed by atoms with Gasteiger partial charge in [-0.15, -0.1) is 0 Å². The summed E-state index contributed by atoms with van der Waals surface area (Å²) in [6.07, 6.45) is 3.01. The van der Waals surface area contributed by atoms with E-state index in [0.29, 0.717) is 6.04 Å². The van der Waals surface area contributed by atoms with Crippen LogP contribution in [-0.2, 0) is 6.42 Å². The van der Waals surface area contributed by atoms with Crippen LogP contribution in [0.5, 0.6) is 11.5 Å². The van der Waals surface area contributed by atoms with Crippen LogP contribution < -0.4 is 10.1 Å². The number of phenolic OH excluding ortho intramolecular Hbond substituents is 1. The predicted octanol–water partition coefficient (Wildman–Crippen LogP) is 1.83. The SMILES string of the molecule is COc1c(O)cc(CC2CCCN2)cc1F. The van der Waals surface area contributed by atoms with Crippen LogP contribution in [0.15, 0.2) is 12.1 Å². The second kappa shape index (κ2) is 4.70. The second-order valence-corrected chi connectivity index (χ2v) is 4.13. The van der Waals surface area contributed by atoms with Gasteiger partial charge in [0.2, 0.25) is 0 Å². The van der Waals surface area contributed by atoms with Gasteiger partial charge in [0.25, 0.3) is 0 Å². The van der Waals surface area contributed by atoms with Crippen LogP contribution in [0.25, 0.3) is 0 Å². The van der Waals surface area contributed by atoms with Crippen molar-refractivity contribution in [2.24, 2.45) is 0 Å². The van der Waals surface area contributed by atoms with Crippen LogP contribution in [0.1, 0.15) is 18.4 Å². The van der Waals surface area contributed by atoms with Crippen molar-refractivity contribution in [1.29, 1.82) is 0 Å². The summed E-state index contributed by atoms with van der Waals surface area (Å²) in [7, 11) is 1.34. The lowest BCUT2D eigenvalue weighted by molar-refractivity contribution is 0.350. The van der Waals surface area contributed by atoms with Gasteiger partial charge < -0.3 is 15.2 Å². The molecule has 2 rings (SSSR count). The molecule has 1 aliphatic heterocycles. The van der Waals surface area contributed by atoms with Gasteiger partial charge in [0, 0.05) is 6.04 Å². The molecule has 16 heavy (non-hydrogen) atoms. The summed E-state index contributed by atoms with van der Waals surface area (Å²) in [6.45, 7) is 1.02. The van der Waals surface area contributed by atoms with Crippen molar-refractivity contribution >= 4 is 0 Å². The minimum Gasteiger partial charge on any atom is -0.504 e. The molecule has 1 fully saturated rings. The van der Waals surface area contributed by atoms with E-state index < -0.39 is 5.82 Å². The fraction of sp³-hybridized carbons (Fsp3) is 0.500. The maximum absolute atomic E-state index is 13.5. The molecule has 0 amide bonds. The quantitative estimate of drug-likeness (QED) is 0.824. The Balaban J connectivity index is 2.15. The van der Waals surface area contributed by atoms with Gasteiger partial charge in [0.05, 0.1) is 7.11 Å². The zero-order chi connectivity index (χ0) is 11.5. The first kappa shape index (κ1) is 11.2. The lowest BCUT2D eigenvalue weighted by Crippen LogP contribution is -2.23. The van der Waals surface area contributed by atoms with Crippen molar-refractivity contribution in [2.45, 2.75) is 25.3 Å². The van der Waals surface area contributed by atoms with Gasteiger partial charge in [-0.05, 0) is 43.5 Å². The number of hydrogen-bond acceptors (Lipinski definition) is 3. The Kier molecular flexibility index (Phi) is 3.29. The van der Waals surface area contributed by atoms with Gasteiger partial charge in [0.15, 0.2) is 17.3 Å². The first-order valence-corrected chi connectivity index (χ1v) is 5.49. The lowest BCUT2D eigenvalue weighted by Gasteiger charge is -2.12. The first-order chi connectivity index (χ1) is 7.70. The molecular formula is C12H16FNO2. The Labute approximate surface area is 94.2 Å². The third-order valence-corrected chi connectivity index (χ3v) is 2.93. The van der Waals surface area contributed by atoms with E-state index in [0.717, 1.165) is 31.4 Å². The monoisotopic (exact) mass is 225 g/mol. The Bertz CT molecular complexity index is 352. The Morgan fingerprint density at radius 2 is 2.38 bits per heavy atom. The Morgan fingerprint density at radius 3 is 2.94 bits per heavy atom. The van der Waals surface area contributed by atoms with Gasteiger partial charge in [-0.2, -0.15) is 0 Å². The largest absolute Gasteiger partial charge is 0.504 e. The number of rotatable bonds is 3. The Morgan fingerprint density at radius 1 is 1.56 bits per heavy atom. The Hall–Kier alpha value is -1.29. The van der Waals surface area contributed by atoms with Gasteiger partial charge >= 0.3 is 0 Å². The average Bonchev–Trinajstić information content (AvgIpc) is 2.70. The molecule has 1 heterocycles. The normalized spacial score (nSPS) is 20.0. The van der Waals surface area contributed by atoms with Crippen LogP contribution in [0.4, 0.5) is 4.39 Å². The summed E-state index contributed by atoms with van der Waals surface area (Å²) in [6, 6.07) is 3.40. The molecule has 0 saturated carbocycles. The number of benzene rings is 1. The molecule has 1 saturated heterocycles. The number of aromatic hydroxyl groups is 1. The highest BCUT2D eigenvalue weighted by atomic mass is 19.1. The standard InChI is InChI=1S/C12H16FNO2/c1-16-12-10(13)6-8(7-11(12)15)5-9-3-2-4-14-9/h6-7,9,14-15H,2-5H2,1H3. The van der Waals surface area contributed by atoms with Crippen LogP contribution in [0, 0.1) is 5.82 Å². The molecule has 4 heteroatoms. The molecule has 1 aromatic carbocycles. The van der Waals surface area contributed by atoms with Crippen LogP contribution in [-0.4, -0.2) is 24.8 Å². The number of methoxy groups -OCH3 is 1. The van der Waals surface area contributed by atoms with Crippen LogP contribution >= 0.6 is 0 Å². The molecule has 0 aliphatic carbocycles. The van der Waals surface area contributed by atoms with Gasteiger partial charge in [-0.1, -0.05) is 0 Å². The fourth-order valence-corrected chi connectivity index (χ4v) is 2.17. The van der Waals surface area contributed by atoms with E-state index in [1.54, 1.807) is 6.07 Å². The summed E-state index contributed by atoms with van der Waals surface area (Å²) in [5.41, 5.74) is 0.801. The number of ether oxygens (including phenoxy) is 1. The van der Waals surface area contributed by atoms with Crippen molar-refractivity contribution in [3.63, 3.8) is 0 Å². The molecule has 0 spiro atoms. The average molecular weight is 225 g/mol. The van der Waals surface area contributed by atoms with E-state index >= 15 is 0 Å². The molecule has 88 valence electrons. The molecule has 2 N–H and O–H groups in total. The number of phenols is 1. The maximum atomic E-state index is 13.5. The third kappa shape index (κ3) is 2.27. The molecule has 1 aromatic rings. The minimum atomic E-state index is -0.504. The zero-order valence-electron chi connectivity index (χ0n) is 9.29. The molecule has 3 nitrogen and oxygen atoms in total. The highest BCUT2D eigenvalue weighted by Crippen LogP contribution is 2.30. The number of nitrogens with one attached hydrogen (secondary N) is 1. The minimum absolute atomic E-state index is 0.0804. The van der Waals surface area contributed by atoms with E-state index in [-0.39, 0.29) is 11.5 Å². The van der Waals surface area contributed by atoms with E-state index in [9.17, 15) is 9.50 Å². The fourth-order valence-electron chi connectivity index (χ4n) is 2.17. The lowest BCUT2D eigenvalue weighted by atomic mass is 10.0. The summed E-state index contributed by atoms with van der Waals surface area (Å²) >= 11 is 0. The third-order valence-electron chi connectivity index (χ3n) is 2.93. The maximum Gasteiger partial charge on any atom is 0.196 e. The first-order valence-electron chi connectivity index (χ1n) is 5.49. The highest BCUT2D eigenvalue weighted by molar-refractivity contribution is 5.43. The summed E-state index contributed by atoms with van der Waals surface area (Å²) < 4.78 is 18.2. The van der Waals surface area contributed by atoms with Crippen LogP contribution in [0.2, 0.25) is 0 Å². The van der Waals surface area contributed by atoms with Gasteiger partial charge in [-0.3, -0.25) is 0 Å². The molecule has 1 unspecified atom stereocenters. The molecule has 0 aromatic heterocycles. The molecule has 0 bridgehead atoms. The smallest absolute Gasteiger partial charge is 0.196 e. The molecular weight excluding hydrogens is 209 g/mol. The van der Waals surface area contributed by atoms with Crippen molar-refractivity contribution in [2.75, 3.05) is 13.7 Å². The van der Waals surface area contributed by atoms with Gasteiger partial charge in [-0.25, -0.2) is 4.39 Å². The highest BCUT2D eigenvalue weighted by Gasteiger charge is 2.17. The number of hydrogen-bond donors (Lipinski definition) is 2. The van der Waals surface area contributed by atoms with Crippen LogP contribution in [0.3, 0.4) is 0 Å². The van der Waals surface area contributed by atoms with E-state index in [1.165, 1.54) is 13.2 Å². The van der Waals surface area contributed by atoms with E-state index in [4.69, 9.17) is 4.74 Å². The topological polar surface area (TPSA) is 41.5 Å². The van der Waals surface area contributed by atoms with Crippen molar-refractivity contribution in [1.82, 2.24) is 5.32 Å². The summed E-state index contributed by atoms with van der Waals surface area (Å²) in [4.78, 5) is 0. The predicted molar refractivity (Wildman–Crippen MR) is 59.3 cm³/mol. The van der Waals surface area contributed by atoms with E-state index in [1.807, 2.05) is 0 Å². The summed E-state index contributed by atoms with van der Waals surface area (Å²) in [5.74, 6) is -0.714. The van der Waals surface area contributed by atoms with Crippen molar-refractivity contribution in [3.05, 3.63) is 23.5 Å². The molecule has 1 aliphatic rings.